The van der Waals surface area contributed by atoms with Crippen LogP contribution in [0.2, 0.25) is 0 Å². The topological polar surface area (TPSA) is 106 Å². The number of aromatic nitrogens is 4. The monoisotopic (exact) mass is 180 g/mol. The van der Waals surface area contributed by atoms with E-state index in [1.807, 2.05) is 0 Å². The standard InChI is InChI=1S/C6H8N6O/c7-1-5-11-6(12-13-5)10-4-2-8-9-3-4/h2-3H,1,7H2,(H,8,9)(H,10,12). The van der Waals surface area contributed by atoms with E-state index >= 15 is 0 Å². The molecule has 2 heterocycles. The highest BCUT2D eigenvalue weighted by molar-refractivity contribution is 5.49. The van der Waals surface area contributed by atoms with Gasteiger partial charge >= 0.3 is 0 Å². The molecule has 0 aliphatic rings. The average molecular weight is 180 g/mol. The molecule has 7 heteroatoms. The van der Waals surface area contributed by atoms with Gasteiger partial charge in [-0.2, -0.15) is 10.1 Å². The van der Waals surface area contributed by atoms with Crippen molar-refractivity contribution in [3.05, 3.63) is 18.3 Å². The largest absolute Gasteiger partial charge is 0.336 e. The van der Waals surface area contributed by atoms with Crippen LogP contribution in [0, 0.1) is 0 Å². The Labute approximate surface area is 73.3 Å². The van der Waals surface area contributed by atoms with Crippen LogP contribution in [0.3, 0.4) is 0 Å². The molecular weight excluding hydrogens is 172 g/mol. The van der Waals surface area contributed by atoms with Crippen molar-refractivity contribution in [3.8, 4) is 0 Å². The van der Waals surface area contributed by atoms with Crippen LogP contribution in [-0.4, -0.2) is 20.3 Å². The predicted molar refractivity (Wildman–Crippen MR) is 44.1 cm³/mol. The third kappa shape index (κ3) is 1.64. The van der Waals surface area contributed by atoms with E-state index in [9.17, 15) is 0 Å². The van der Waals surface area contributed by atoms with E-state index in [1.165, 1.54) is 0 Å². The molecule has 0 bridgehead atoms. The van der Waals surface area contributed by atoms with Crippen LogP contribution < -0.4 is 11.1 Å². The molecular formula is C6H8N6O. The zero-order chi connectivity index (χ0) is 9.10. The van der Waals surface area contributed by atoms with Gasteiger partial charge in [-0.05, 0) is 5.16 Å². The average Bonchev–Trinajstić information content (AvgIpc) is 2.76. The second-order valence-corrected chi connectivity index (χ2v) is 2.33. The molecule has 7 nitrogen and oxygen atoms in total. The fourth-order valence-electron chi connectivity index (χ4n) is 0.837. The van der Waals surface area contributed by atoms with Crippen molar-refractivity contribution in [3.63, 3.8) is 0 Å². The summed E-state index contributed by atoms with van der Waals surface area (Å²) in [6.07, 6.45) is 3.29. The lowest BCUT2D eigenvalue weighted by molar-refractivity contribution is 0.381. The highest BCUT2D eigenvalue weighted by Crippen LogP contribution is 2.10. The van der Waals surface area contributed by atoms with Gasteiger partial charge in [0.1, 0.15) is 0 Å². The van der Waals surface area contributed by atoms with E-state index in [4.69, 9.17) is 10.3 Å². The molecule has 0 saturated carbocycles. The summed E-state index contributed by atoms with van der Waals surface area (Å²) in [6.45, 7) is 0.236. The Kier molecular flexibility index (Phi) is 1.93. The summed E-state index contributed by atoms with van der Waals surface area (Å²) in [5, 5.41) is 12.9. The van der Waals surface area contributed by atoms with Gasteiger partial charge < -0.3 is 15.6 Å². The number of nitrogens with zero attached hydrogens (tertiary/aromatic N) is 3. The van der Waals surface area contributed by atoms with Crippen molar-refractivity contribution in [1.29, 1.82) is 0 Å². The van der Waals surface area contributed by atoms with Crippen molar-refractivity contribution in [2.45, 2.75) is 6.54 Å². The Bertz CT molecular complexity index is 366. The fourth-order valence-corrected chi connectivity index (χ4v) is 0.837. The molecule has 0 atom stereocenters. The molecule has 0 spiro atoms. The third-order valence-electron chi connectivity index (χ3n) is 1.40. The first-order valence-electron chi connectivity index (χ1n) is 3.67. The summed E-state index contributed by atoms with van der Waals surface area (Å²) in [6, 6.07) is 0. The second-order valence-electron chi connectivity index (χ2n) is 2.33. The number of hydrogen-bond donors (Lipinski definition) is 3. The summed E-state index contributed by atoms with van der Waals surface area (Å²) in [5.41, 5.74) is 6.06. The lowest BCUT2D eigenvalue weighted by atomic mass is 10.6. The summed E-state index contributed by atoms with van der Waals surface area (Å²) >= 11 is 0. The van der Waals surface area contributed by atoms with Crippen molar-refractivity contribution < 1.29 is 4.52 Å². The SMILES string of the molecule is NCc1nc(Nc2cn[nH]c2)no1. The maximum atomic E-state index is 5.29. The molecule has 13 heavy (non-hydrogen) atoms. The molecule has 0 saturated heterocycles. The molecule has 0 radical (unpaired) electrons. The first kappa shape index (κ1) is 7.74. The van der Waals surface area contributed by atoms with Crippen molar-refractivity contribution >= 4 is 11.6 Å². The second kappa shape index (κ2) is 3.23. The number of aromatic amines is 1. The number of nitrogens with two attached hydrogens (primary N) is 1. The van der Waals surface area contributed by atoms with Gasteiger partial charge in [0.15, 0.2) is 0 Å². The summed E-state index contributed by atoms with van der Waals surface area (Å²) in [7, 11) is 0. The van der Waals surface area contributed by atoms with Crippen molar-refractivity contribution in [2.24, 2.45) is 5.73 Å². The van der Waals surface area contributed by atoms with Crippen LogP contribution in [0.1, 0.15) is 5.89 Å². The van der Waals surface area contributed by atoms with Gasteiger partial charge in [-0.25, -0.2) is 0 Å². The minimum atomic E-state index is 0.236. The van der Waals surface area contributed by atoms with Gasteiger partial charge in [0, 0.05) is 6.20 Å². The van der Waals surface area contributed by atoms with E-state index in [2.05, 4.69) is 25.7 Å². The van der Waals surface area contributed by atoms with E-state index in [0.29, 0.717) is 11.8 Å². The van der Waals surface area contributed by atoms with Crippen LogP contribution in [0.25, 0.3) is 0 Å². The predicted octanol–water partition coefficient (Wildman–Crippen LogP) is -0.00500. The summed E-state index contributed by atoms with van der Waals surface area (Å²) < 4.78 is 4.78. The minimum absolute atomic E-state index is 0.236. The zero-order valence-electron chi connectivity index (χ0n) is 6.69. The lowest BCUT2D eigenvalue weighted by Crippen LogP contribution is -1.96. The Morgan fingerprint density at radius 1 is 1.62 bits per heavy atom. The van der Waals surface area contributed by atoms with Crippen molar-refractivity contribution in [2.75, 3.05) is 5.32 Å². The molecule has 2 rings (SSSR count). The first-order chi connectivity index (χ1) is 6.38. The molecule has 68 valence electrons. The van der Waals surface area contributed by atoms with Gasteiger partial charge in [-0.3, -0.25) is 5.10 Å². The van der Waals surface area contributed by atoms with Gasteiger partial charge in [0.25, 0.3) is 5.95 Å². The first-order valence-corrected chi connectivity index (χ1v) is 3.67. The molecule has 2 aromatic heterocycles. The number of nitrogens with one attached hydrogen (secondary N) is 2. The highest BCUT2D eigenvalue weighted by atomic mass is 16.5. The van der Waals surface area contributed by atoms with Gasteiger partial charge in [-0.15, -0.1) is 0 Å². The molecule has 0 aliphatic heterocycles. The van der Waals surface area contributed by atoms with Gasteiger partial charge in [0.05, 0.1) is 18.4 Å². The van der Waals surface area contributed by atoms with E-state index < -0.39 is 0 Å². The molecule has 0 fully saturated rings. The molecule has 0 amide bonds. The smallest absolute Gasteiger partial charge is 0.268 e. The zero-order valence-corrected chi connectivity index (χ0v) is 6.69. The Balaban J connectivity index is 2.10. The van der Waals surface area contributed by atoms with Crippen LogP contribution >= 0.6 is 0 Å². The van der Waals surface area contributed by atoms with Crippen LogP contribution in [0.4, 0.5) is 11.6 Å². The van der Waals surface area contributed by atoms with E-state index in [1.54, 1.807) is 12.4 Å². The maximum Gasteiger partial charge on any atom is 0.268 e. The molecule has 4 N–H and O–H groups in total. The van der Waals surface area contributed by atoms with Crippen LogP contribution in [0.15, 0.2) is 16.9 Å². The van der Waals surface area contributed by atoms with Gasteiger partial charge in [0.2, 0.25) is 5.89 Å². The fraction of sp³-hybridized carbons (Fsp3) is 0.167. The van der Waals surface area contributed by atoms with Crippen LogP contribution in [0.5, 0.6) is 0 Å². The third-order valence-corrected chi connectivity index (χ3v) is 1.40. The minimum Gasteiger partial charge on any atom is -0.336 e. The maximum absolute atomic E-state index is 5.29. The Morgan fingerprint density at radius 2 is 2.54 bits per heavy atom. The lowest BCUT2D eigenvalue weighted by Gasteiger charge is -1.91. The van der Waals surface area contributed by atoms with Crippen molar-refractivity contribution in [1.82, 2.24) is 20.3 Å². The summed E-state index contributed by atoms with van der Waals surface area (Å²) in [5.74, 6) is 0.771. The quantitative estimate of drug-likeness (QED) is 0.613. The Morgan fingerprint density at radius 3 is 3.15 bits per heavy atom. The number of H-pyrrole nitrogens is 1. The molecule has 0 aromatic carbocycles. The van der Waals surface area contributed by atoms with Gasteiger partial charge in [-0.1, -0.05) is 0 Å². The number of hydrogen-bond acceptors (Lipinski definition) is 6. The molecule has 0 aliphatic carbocycles. The highest BCUT2D eigenvalue weighted by Gasteiger charge is 2.03. The molecule has 0 unspecified atom stereocenters. The molecule has 2 aromatic rings. The van der Waals surface area contributed by atoms with E-state index in [0.717, 1.165) is 5.69 Å². The number of rotatable bonds is 3. The van der Waals surface area contributed by atoms with Crippen LogP contribution in [-0.2, 0) is 6.54 Å². The Hall–Kier alpha value is -1.89. The number of anilines is 2. The summed E-state index contributed by atoms with van der Waals surface area (Å²) in [4.78, 5) is 3.95. The normalized spacial score (nSPS) is 10.2. The van der Waals surface area contributed by atoms with E-state index in [-0.39, 0.29) is 6.54 Å².